The predicted octanol–water partition coefficient (Wildman–Crippen LogP) is 2.39. The van der Waals surface area contributed by atoms with Crippen molar-refractivity contribution in [2.45, 2.75) is 6.92 Å². The van der Waals surface area contributed by atoms with E-state index in [0.29, 0.717) is 6.61 Å². The Labute approximate surface area is 91.1 Å². The number of carbonyl (C=O) groups excluding carboxylic acids is 1. The van der Waals surface area contributed by atoms with Crippen LogP contribution in [-0.4, -0.2) is 19.2 Å². The summed E-state index contributed by atoms with van der Waals surface area (Å²) in [6.45, 7) is 2.03. The van der Waals surface area contributed by atoms with Crippen molar-refractivity contribution in [3.05, 3.63) is 28.7 Å². The van der Waals surface area contributed by atoms with Crippen LogP contribution in [0.15, 0.2) is 28.7 Å². The molecule has 0 aromatic heterocycles. The van der Waals surface area contributed by atoms with Crippen LogP contribution in [0.1, 0.15) is 6.92 Å². The summed E-state index contributed by atoms with van der Waals surface area (Å²) in [5.41, 5.74) is 0. The lowest BCUT2D eigenvalue weighted by molar-refractivity contribution is -0.141. The second-order valence-corrected chi connectivity index (χ2v) is 3.56. The van der Waals surface area contributed by atoms with E-state index in [1.165, 1.54) is 6.92 Å². The number of benzene rings is 1. The third kappa shape index (κ3) is 4.28. The van der Waals surface area contributed by atoms with Crippen molar-refractivity contribution >= 4 is 21.9 Å². The van der Waals surface area contributed by atoms with Gasteiger partial charge in [0.25, 0.3) is 0 Å². The van der Waals surface area contributed by atoms with Crippen LogP contribution < -0.4 is 4.74 Å². The fraction of sp³-hybridized carbons (Fsp3) is 0.300. The van der Waals surface area contributed by atoms with Gasteiger partial charge < -0.3 is 9.47 Å². The van der Waals surface area contributed by atoms with E-state index < -0.39 is 0 Å². The van der Waals surface area contributed by atoms with Gasteiger partial charge in [-0.05, 0) is 24.3 Å². The van der Waals surface area contributed by atoms with Gasteiger partial charge in [0.2, 0.25) is 0 Å². The average Bonchev–Trinajstić information content (AvgIpc) is 2.15. The Morgan fingerprint density at radius 1 is 1.29 bits per heavy atom. The van der Waals surface area contributed by atoms with Gasteiger partial charge in [-0.2, -0.15) is 0 Å². The average molecular weight is 259 g/mol. The molecule has 0 unspecified atom stereocenters. The molecule has 3 nitrogen and oxygen atoms in total. The quantitative estimate of drug-likeness (QED) is 0.615. The van der Waals surface area contributed by atoms with Crippen molar-refractivity contribution in [3.8, 4) is 5.75 Å². The summed E-state index contributed by atoms with van der Waals surface area (Å²) in [7, 11) is 0. The fourth-order valence-corrected chi connectivity index (χ4v) is 1.14. The highest BCUT2D eigenvalue weighted by Crippen LogP contribution is 2.15. The fourth-order valence-electron chi connectivity index (χ4n) is 0.876. The lowest BCUT2D eigenvalue weighted by Gasteiger charge is -2.05. The number of halogens is 1. The molecule has 1 rings (SSSR count). The third-order valence-electron chi connectivity index (χ3n) is 1.47. The largest absolute Gasteiger partial charge is 0.490 e. The van der Waals surface area contributed by atoms with Gasteiger partial charge in [-0.15, -0.1) is 0 Å². The van der Waals surface area contributed by atoms with E-state index in [1.54, 1.807) is 0 Å². The molecule has 76 valence electrons. The van der Waals surface area contributed by atoms with Crippen molar-refractivity contribution < 1.29 is 14.3 Å². The molecule has 0 N–H and O–H groups in total. The zero-order valence-electron chi connectivity index (χ0n) is 7.83. The van der Waals surface area contributed by atoms with Gasteiger partial charge in [-0.25, -0.2) is 0 Å². The van der Waals surface area contributed by atoms with Crippen molar-refractivity contribution in [3.63, 3.8) is 0 Å². The molecule has 0 saturated carbocycles. The summed E-state index contributed by atoms with van der Waals surface area (Å²) in [5, 5.41) is 0. The molecule has 0 aliphatic heterocycles. The third-order valence-corrected chi connectivity index (χ3v) is 2.00. The molecule has 14 heavy (non-hydrogen) atoms. The summed E-state index contributed by atoms with van der Waals surface area (Å²) >= 11 is 3.32. The minimum absolute atomic E-state index is 0.283. The number of carbonyl (C=O) groups is 1. The van der Waals surface area contributed by atoms with Crippen LogP contribution >= 0.6 is 15.9 Å². The summed E-state index contributed by atoms with van der Waals surface area (Å²) in [6.07, 6.45) is 0. The first-order valence-electron chi connectivity index (χ1n) is 4.20. The van der Waals surface area contributed by atoms with Crippen LogP contribution in [0, 0.1) is 0 Å². The molecule has 4 heteroatoms. The maximum atomic E-state index is 10.4. The molecule has 0 aliphatic carbocycles. The van der Waals surface area contributed by atoms with E-state index in [1.807, 2.05) is 24.3 Å². The van der Waals surface area contributed by atoms with E-state index in [9.17, 15) is 4.79 Å². The Balaban J connectivity index is 2.25. The molecule has 0 heterocycles. The first-order chi connectivity index (χ1) is 6.68. The maximum absolute atomic E-state index is 10.4. The lowest BCUT2D eigenvalue weighted by atomic mass is 10.3. The van der Waals surface area contributed by atoms with Crippen LogP contribution in [0.5, 0.6) is 5.75 Å². The molecule has 0 amide bonds. The minimum atomic E-state index is -0.288. The highest BCUT2D eigenvalue weighted by Gasteiger charge is 1.95. The number of esters is 1. The molecule has 0 atom stereocenters. The number of rotatable bonds is 4. The molecule has 0 spiro atoms. The number of hydrogen-bond acceptors (Lipinski definition) is 3. The molecule has 0 aliphatic rings. The monoisotopic (exact) mass is 258 g/mol. The topological polar surface area (TPSA) is 35.5 Å². The van der Waals surface area contributed by atoms with Crippen molar-refractivity contribution in [2.75, 3.05) is 13.2 Å². The zero-order valence-corrected chi connectivity index (χ0v) is 9.41. The smallest absolute Gasteiger partial charge is 0.302 e. The number of ether oxygens (including phenoxy) is 2. The summed E-state index contributed by atoms with van der Waals surface area (Å²) in [4.78, 5) is 10.4. The summed E-state index contributed by atoms with van der Waals surface area (Å²) in [5.74, 6) is 0.477. The Morgan fingerprint density at radius 2 is 1.93 bits per heavy atom. The van der Waals surface area contributed by atoms with Crippen LogP contribution in [0.25, 0.3) is 0 Å². The Morgan fingerprint density at radius 3 is 2.50 bits per heavy atom. The Kier molecular flexibility index (Phi) is 4.46. The lowest BCUT2D eigenvalue weighted by Crippen LogP contribution is -2.09. The maximum Gasteiger partial charge on any atom is 0.302 e. The van der Waals surface area contributed by atoms with Crippen molar-refractivity contribution in [1.29, 1.82) is 0 Å². The van der Waals surface area contributed by atoms with Crippen LogP contribution in [-0.2, 0) is 9.53 Å². The second-order valence-electron chi connectivity index (χ2n) is 2.64. The van der Waals surface area contributed by atoms with E-state index in [0.717, 1.165) is 10.2 Å². The van der Waals surface area contributed by atoms with Crippen molar-refractivity contribution in [2.24, 2.45) is 0 Å². The summed E-state index contributed by atoms with van der Waals surface area (Å²) in [6, 6.07) is 7.47. The molecular weight excluding hydrogens is 248 g/mol. The first kappa shape index (κ1) is 11.0. The molecule has 0 bridgehead atoms. The van der Waals surface area contributed by atoms with E-state index in [2.05, 4.69) is 15.9 Å². The highest BCUT2D eigenvalue weighted by atomic mass is 79.9. The minimum Gasteiger partial charge on any atom is -0.490 e. The molecule has 0 fully saturated rings. The normalized spacial score (nSPS) is 9.57. The number of hydrogen-bond donors (Lipinski definition) is 0. The standard InChI is InChI=1S/C10H11BrO3/c1-8(12)13-6-7-14-10-4-2-9(11)3-5-10/h2-5H,6-7H2,1H3. The SMILES string of the molecule is CC(=O)OCCOc1ccc(Br)cc1. The molecule has 1 aromatic rings. The Bertz CT molecular complexity index is 295. The van der Waals surface area contributed by atoms with Crippen LogP contribution in [0.2, 0.25) is 0 Å². The van der Waals surface area contributed by atoms with Gasteiger partial charge in [-0.1, -0.05) is 15.9 Å². The zero-order chi connectivity index (χ0) is 10.4. The Hall–Kier alpha value is -1.03. The van der Waals surface area contributed by atoms with E-state index in [4.69, 9.17) is 9.47 Å². The van der Waals surface area contributed by atoms with Crippen LogP contribution in [0.4, 0.5) is 0 Å². The molecule has 1 aromatic carbocycles. The predicted molar refractivity (Wildman–Crippen MR) is 56.3 cm³/mol. The van der Waals surface area contributed by atoms with E-state index in [-0.39, 0.29) is 12.6 Å². The van der Waals surface area contributed by atoms with Crippen LogP contribution in [0.3, 0.4) is 0 Å². The second kappa shape index (κ2) is 5.65. The van der Waals surface area contributed by atoms with Gasteiger partial charge in [0.1, 0.15) is 19.0 Å². The first-order valence-corrected chi connectivity index (χ1v) is 4.99. The van der Waals surface area contributed by atoms with Gasteiger partial charge in [0.05, 0.1) is 0 Å². The van der Waals surface area contributed by atoms with Crippen molar-refractivity contribution in [1.82, 2.24) is 0 Å². The van der Waals surface area contributed by atoms with E-state index >= 15 is 0 Å². The van der Waals surface area contributed by atoms with Gasteiger partial charge in [0, 0.05) is 11.4 Å². The molecule has 0 radical (unpaired) electrons. The molecule has 0 saturated heterocycles. The summed E-state index contributed by atoms with van der Waals surface area (Å²) < 4.78 is 11.0. The van der Waals surface area contributed by atoms with Gasteiger partial charge in [0.15, 0.2) is 0 Å². The van der Waals surface area contributed by atoms with Gasteiger partial charge >= 0.3 is 5.97 Å². The molecular formula is C10H11BrO3. The highest BCUT2D eigenvalue weighted by molar-refractivity contribution is 9.10. The van der Waals surface area contributed by atoms with Gasteiger partial charge in [-0.3, -0.25) is 4.79 Å².